The Balaban J connectivity index is 2.36. The second-order valence-corrected chi connectivity index (χ2v) is 5.43. The maximum absolute atomic E-state index is 12.0. The highest BCUT2D eigenvalue weighted by Crippen LogP contribution is 2.24. The Morgan fingerprint density at radius 2 is 2.33 bits per heavy atom. The molecule has 0 saturated carbocycles. The zero-order valence-electron chi connectivity index (χ0n) is 8.11. The first-order chi connectivity index (χ1) is 7.22. The van der Waals surface area contributed by atoms with Gasteiger partial charge >= 0.3 is 0 Å². The number of thiophene rings is 1. The summed E-state index contributed by atoms with van der Waals surface area (Å²) >= 11 is 4.78. The topological polar surface area (TPSA) is 34.9 Å². The predicted molar refractivity (Wildman–Crippen MR) is 63.4 cm³/mol. The zero-order valence-corrected chi connectivity index (χ0v) is 10.5. The van der Waals surface area contributed by atoms with Crippen LogP contribution < -0.4 is 0 Å². The molecule has 0 spiro atoms. The molecule has 0 amide bonds. The largest absolute Gasteiger partial charge is 0.286 e. The molecule has 2 rings (SSSR count). The van der Waals surface area contributed by atoms with Crippen LogP contribution in [0.15, 0.2) is 28.2 Å². The average molecular weight is 285 g/mol. The number of carbonyl (C=O) groups excluding carboxylic acids is 1. The van der Waals surface area contributed by atoms with Crippen molar-refractivity contribution < 1.29 is 4.79 Å². The van der Waals surface area contributed by atoms with E-state index < -0.39 is 0 Å². The van der Waals surface area contributed by atoms with Gasteiger partial charge in [0.1, 0.15) is 5.69 Å². The first kappa shape index (κ1) is 10.6. The Morgan fingerprint density at radius 3 is 2.93 bits per heavy atom. The molecule has 0 aliphatic carbocycles. The number of aromatic nitrogens is 2. The molecule has 78 valence electrons. The normalized spacial score (nSPS) is 10.5. The molecule has 2 aromatic heterocycles. The van der Waals surface area contributed by atoms with Crippen molar-refractivity contribution in [3.63, 3.8) is 0 Å². The van der Waals surface area contributed by atoms with Crippen molar-refractivity contribution in [1.82, 2.24) is 9.78 Å². The van der Waals surface area contributed by atoms with E-state index in [1.54, 1.807) is 16.9 Å². The average Bonchev–Trinajstić information content (AvgIpc) is 2.84. The standard InChI is InChI=1S/C10H9BrN2OS/c1-2-13-7(5-6-12-13)10(14)8-3-4-9(11)15-8/h3-6H,2H2,1H3. The molecule has 0 saturated heterocycles. The molecule has 0 N–H and O–H groups in total. The minimum atomic E-state index is 0.0325. The summed E-state index contributed by atoms with van der Waals surface area (Å²) in [5.74, 6) is 0.0325. The molecule has 0 aromatic carbocycles. The third kappa shape index (κ3) is 2.03. The van der Waals surface area contributed by atoms with Crippen molar-refractivity contribution in [2.75, 3.05) is 0 Å². The van der Waals surface area contributed by atoms with Gasteiger partial charge in [-0.25, -0.2) is 0 Å². The first-order valence-corrected chi connectivity index (χ1v) is 6.15. The van der Waals surface area contributed by atoms with Crippen molar-refractivity contribution in [1.29, 1.82) is 0 Å². The lowest BCUT2D eigenvalue weighted by Gasteiger charge is -2.01. The van der Waals surface area contributed by atoms with Crippen LogP contribution in [0.2, 0.25) is 0 Å². The van der Waals surface area contributed by atoms with Gasteiger partial charge in [-0.3, -0.25) is 9.48 Å². The van der Waals surface area contributed by atoms with Gasteiger partial charge in [-0.15, -0.1) is 11.3 Å². The Morgan fingerprint density at radius 1 is 1.53 bits per heavy atom. The first-order valence-electron chi connectivity index (χ1n) is 4.54. The van der Waals surface area contributed by atoms with Gasteiger partial charge in [-0.1, -0.05) is 0 Å². The molecule has 0 fully saturated rings. The number of aryl methyl sites for hydroxylation is 1. The summed E-state index contributed by atoms with van der Waals surface area (Å²) in [4.78, 5) is 12.8. The maximum Gasteiger partial charge on any atom is 0.220 e. The van der Waals surface area contributed by atoms with Gasteiger partial charge in [-0.05, 0) is 41.1 Å². The summed E-state index contributed by atoms with van der Waals surface area (Å²) in [5, 5.41) is 4.08. The predicted octanol–water partition coefficient (Wildman–Crippen LogP) is 2.96. The van der Waals surface area contributed by atoms with Crippen LogP contribution in [0.25, 0.3) is 0 Å². The third-order valence-corrected chi connectivity index (χ3v) is 3.67. The summed E-state index contributed by atoms with van der Waals surface area (Å²) in [6.07, 6.45) is 1.65. The molecule has 5 heteroatoms. The molecule has 0 atom stereocenters. The van der Waals surface area contributed by atoms with E-state index in [0.29, 0.717) is 12.2 Å². The van der Waals surface area contributed by atoms with Crippen LogP contribution in [0, 0.1) is 0 Å². The number of hydrogen-bond donors (Lipinski definition) is 0. The van der Waals surface area contributed by atoms with E-state index >= 15 is 0 Å². The summed E-state index contributed by atoms with van der Waals surface area (Å²) < 4.78 is 2.67. The monoisotopic (exact) mass is 284 g/mol. The quantitative estimate of drug-likeness (QED) is 0.813. The lowest BCUT2D eigenvalue weighted by molar-refractivity contribution is 0.103. The highest BCUT2D eigenvalue weighted by Gasteiger charge is 2.15. The molecule has 0 radical (unpaired) electrons. The minimum Gasteiger partial charge on any atom is -0.286 e. The second-order valence-electron chi connectivity index (χ2n) is 2.97. The van der Waals surface area contributed by atoms with Crippen LogP contribution in [-0.4, -0.2) is 15.6 Å². The second kappa shape index (κ2) is 4.28. The molecular weight excluding hydrogens is 276 g/mol. The van der Waals surface area contributed by atoms with Crippen LogP contribution >= 0.6 is 27.3 Å². The lowest BCUT2D eigenvalue weighted by Crippen LogP contribution is -2.09. The van der Waals surface area contributed by atoms with Crippen LogP contribution in [-0.2, 0) is 6.54 Å². The van der Waals surface area contributed by atoms with Crippen LogP contribution in [0.4, 0.5) is 0 Å². The fourth-order valence-corrected chi connectivity index (χ4v) is 2.67. The summed E-state index contributed by atoms with van der Waals surface area (Å²) in [5.41, 5.74) is 0.645. The lowest BCUT2D eigenvalue weighted by atomic mass is 10.2. The van der Waals surface area contributed by atoms with E-state index in [9.17, 15) is 4.79 Å². The molecule has 0 aliphatic heterocycles. The SMILES string of the molecule is CCn1nccc1C(=O)c1ccc(Br)s1. The van der Waals surface area contributed by atoms with E-state index in [4.69, 9.17) is 0 Å². The number of rotatable bonds is 3. The number of nitrogens with zero attached hydrogens (tertiary/aromatic N) is 2. The Kier molecular flexibility index (Phi) is 3.02. The highest BCUT2D eigenvalue weighted by atomic mass is 79.9. The molecule has 0 unspecified atom stereocenters. The van der Waals surface area contributed by atoms with E-state index in [-0.39, 0.29) is 5.78 Å². The van der Waals surface area contributed by atoms with Crippen LogP contribution in [0.3, 0.4) is 0 Å². The van der Waals surface area contributed by atoms with Crippen molar-refractivity contribution >= 4 is 33.0 Å². The summed E-state index contributed by atoms with van der Waals surface area (Å²) in [6.45, 7) is 2.68. The zero-order chi connectivity index (χ0) is 10.8. The number of hydrogen-bond acceptors (Lipinski definition) is 3. The van der Waals surface area contributed by atoms with E-state index in [0.717, 1.165) is 8.66 Å². The smallest absolute Gasteiger partial charge is 0.220 e. The van der Waals surface area contributed by atoms with Crippen molar-refractivity contribution in [2.45, 2.75) is 13.5 Å². The van der Waals surface area contributed by atoms with E-state index in [1.165, 1.54) is 11.3 Å². The number of ketones is 1. The Labute approximate surface area is 99.9 Å². The van der Waals surface area contributed by atoms with Gasteiger partial charge in [0.2, 0.25) is 5.78 Å². The maximum atomic E-state index is 12.0. The van der Waals surface area contributed by atoms with Gasteiger partial charge < -0.3 is 0 Å². The van der Waals surface area contributed by atoms with Gasteiger partial charge in [0, 0.05) is 12.7 Å². The van der Waals surface area contributed by atoms with E-state index in [1.807, 2.05) is 19.1 Å². The fraction of sp³-hybridized carbons (Fsp3) is 0.200. The summed E-state index contributed by atoms with van der Waals surface area (Å²) in [6, 6.07) is 5.45. The molecule has 3 nitrogen and oxygen atoms in total. The van der Waals surface area contributed by atoms with Gasteiger partial charge in [0.05, 0.1) is 8.66 Å². The molecule has 0 aliphatic rings. The Bertz CT molecular complexity index is 489. The van der Waals surface area contributed by atoms with Gasteiger partial charge in [-0.2, -0.15) is 5.10 Å². The molecule has 15 heavy (non-hydrogen) atoms. The minimum absolute atomic E-state index is 0.0325. The number of halogens is 1. The van der Waals surface area contributed by atoms with Crippen molar-refractivity contribution in [3.05, 3.63) is 38.8 Å². The molecule has 0 bridgehead atoms. The van der Waals surface area contributed by atoms with Gasteiger partial charge in [0.25, 0.3) is 0 Å². The molecule has 2 aromatic rings. The summed E-state index contributed by atoms with van der Waals surface area (Å²) in [7, 11) is 0. The van der Waals surface area contributed by atoms with Crippen molar-refractivity contribution in [3.8, 4) is 0 Å². The van der Waals surface area contributed by atoms with Crippen LogP contribution in [0.1, 0.15) is 22.3 Å². The van der Waals surface area contributed by atoms with Gasteiger partial charge in [0.15, 0.2) is 0 Å². The highest BCUT2D eigenvalue weighted by molar-refractivity contribution is 9.11. The van der Waals surface area contributed by atoms with E-state index in [2.05, 4.69) is 21.0 Å². The fourth-order valence-electron chi connectivity index (χ4n) is 1.34. The molecular formula is C10H9BrN2OS. The van der Waals surface area contributed by atoms with Crippen LogP contribution in [0.5, 0.6) is 0 Å². The third-order valence-electron chi connectivity index (χ3n) is 2.05. The number of carbonyl (C=O) groups is 1. The molecule has 2 heterocycles. The van der Waals surface area contributed by atoms with Crippen molar-refractivity contribution in [2.24, 2.45) is 0 Å². The Hall–Kier alpha value is -0.940.